The van der Waals surface area contributed by atoms with Crippen LogP contribution < -0.4 is 5.32 Å². The Bertz CT molecular complexity index is 704. The molecule has 2 saturated heterocycles. The number of hydrogen-bond acceptors (Lipinski definition) is 5. The van der Waals surface area contributed by atoms with E-state index in [0.29, 0.717) is 31.7 Å². The summed E-state index contributed by atoms with van der Waals surface area (Å²) in [6.07, 6.45) is -0.265. The van der Waals surface area contributed by atoms with Crippen LogP contribution in [0.3, 0.4) is 0 Å². The number of benzene rings is 1. The Hall–Kier alpha value is -1.48. The summed E-state index contributed by atoms with van der Waals surface area (Å²) in [7, 11) is -3.58. The lowest BCUT2D eigenvalue weighted by molar-refractivity contribution is -0.0440. The number of morpholine rings is 1. The standard InChI is InChI=1S/C17H25N3O4S/c1-13-11-20(12-14(2)24-13)25(22,23)16-5-3-15(4-6-16)17(21)19-9-7-18-8-10-19/h3-6,13-14,18H,7-12H2,1-2H3/t13-,14-/m1/s1. The van der Waals surface area contributed by atoms with Crippen LogP contribution in [-0.4, -0.2) is 75.0 Å². The first kappa shape index (κ1) is 18.3. The molecule has 0 bridgehead atoms. The summed E-state index contributed by atoms with van der Waals surface area (Å²) in [5.74, 6) is -0.0564. The van der Waals surface area contributed by atoms with E-state index in [1.165, 1.54) is 16.4 Å². The van der Waals surface area contributed by atoms with E-state index in [-0.39, 0.29) is 23.0 Å². The second kappa shape index (κ2) is 7.41. The number of nitrogens with zero attached hydrogens (tertiary/aromatic N) is 2. The summed E-state index contributed by atoms with van der Waals surface area (Å²) in [6.45, 7) is 7.32. The summed E-state index contributed by atoms with van der Waals surface area (Å²) in [5.41, 5.74) is 0.518. The monoisotopic (exact) mass is 367 g/mol. The highest BCUT2D eigenvalue weighted by Gasteiger charge is 2.32. The molecule has 1 aromatic carbocycles. The van der Waals surface area contributed by atoms with Gasteiger partial charge in [-0.15, -0.1) is 0 Å². The van der Waals surface area contributed by atoms with Crippen molar-refractivity contribution >= 4 is 15.9 Å². The van der Waals surface area contributed by atoms with Crippen molar-refractivity contribution in [3.05, 3.63) is 29.8 Å². The van der Waals surface area contributed by atoms with Gasteiger partial charge in [0.15, 0.2) is 0 Å². The Kier molecular flexibility index (Phi) is 5.43. The fraction of sp³-hybridized carbons (Fsp3) is 0.588. The summed E-state index contributed by atoms with van der Waals surface area (Å²) >= 11 is 0. The van der Waals surface area contributed by atoms with E-state index in [1.54, 1.807) is 17.0 Å². The molecule has 1 aromatic rings. The number of nitrogens with one attached hydrogen (secondary N) is 1. The Morgan fingerprint density at radius 1 is 1.08 bits per heavy atom. The summed E-state index contributed by atoms with van der Waals surface area (Å²) in [4.78, 5) is 14.5. The minimum atomic E-state index is -3.58. The first-order valence-electron chi connectivity index (χ1n) is 8.63. The largest absolute Gasteiger partial charge is 0.373 e. The molecule has 25 heavy (non-hydrogen) atoms. The van der Waals surface area contributed by atoms with Crippen molar-refractivity contribution in [2.24, 2.45) is 0 Å². The predicted molar refractivity (Wildman–Crippen MR) is 94.0 cm³/mol. The molecule has 138 valence electrons. The molecule has 8 heteroatoms. The number of piperazine rings is 1. The molecule has 0 unspecified atom stereocenters. The van der Waals surface area contributed by atoms with E-state index in [0.717, 1.165) is 13.1 Å². The van der Waals surface area contributed by atoms with Crippen LogP contribution in [0.1, 0.15) is 24.2 Å². The Labute approximate surface area is 149 Å². The summed E-state index contributed by atoms with van der Waals surface area (Å²) in [6, 6.07) is 6.25. The molecule has 1 N–H and O–H groups in total. The van der Waals surface area contributed by atoms with Crippen LogP contribution >= 0.6 is 0 Å². The van der Waals surface area contributed by atoms with Gasteiger partial charge >= 0.3 is 0 Å². The number of rotatable bonds is 3. The van der Waals surface area contributed by atoms with Crippen LogP contribution in [0, 0.1) is 0 Å². The van der Waals surface area contributed by atoms with Crippen molar-refractivity contribution in [1.82, 2.24) is 14.5 Å². The van der Waals surface area contributed by atoms with E-state index in [4.69, 9.17) is 4.74 Å². The minimum absolute atomic E-state index is 0.0564. The lowest BCUT2D eigenvalue weighted by Gasteiger charge is -2.34. The zero-order valence-corrected chi connectivity index (χ0v) is 15.5. The molecule has 0 aromatic heterocycles. The molecule has 1 amide bonds. The highest BCUT2D eigenvalue weighted by Crippen LogP contribution is 2.21. The number of carbonyl (C=O) groups excluding carboxylic acids is 1. The highest BCUT2D eigenvalue weighted by molar-refractivity contribution is 7.89. The Balaban J connectivity index is 1.75. The van der Waals surface area contributed by atoms with Gasteiger partial charge in [-0.2, -0.15) is 4.31 Å². The van der Waals surface area contributed by atoms with Crippen LogP contribution in [0.2, 0.25) is 0 Å². The van der Waals surface area contributed by atoms with Gasteiger partial charge in [-0.1, -0.05) is 0 Å². The molecular formula is C17H25N3O4S. The molecule has 2 fully saturated rings. The third-order valence-corrected chi connectivity index (χ3v) is 6.38. The van der Waals surface area contributed by atoms with Crippen molar-refractivity contribution in [2.45, 2.75) is 31.0 Å². The van der Waals surface area contributed by atoms with Crippen molar-refractivity contribution in [2.75, 3.05) is 39.3 Å². The van der Waals surface area contributed by atoms with Gasteiger partial charge in [0.1, 0.15) is 0 Å². The van der Waals surface area contributed by atoms with Crippen molar-refractivity contribution in [1.29, 1.82) is 0 Å². The molecule has 2 atom stereocenters. The molecule has 0 aliphatic carbocycles. The van der Waals surface area contributed by atoms with Crippen LogP contribution in [0.5, 0.6) is 0 Å². The van der Waals surface area contributed by atoms with E-state index < -0.39 is 10.0 Å². The van der Waals surface area contributed by atoms with Crippen molar-refractivity contribution in [3.63, 3.8) is 0 Å². The fourth-order valence-electron chi connectivity index (χ4n) is 3.30. The predicted octanol–water partition coefficient (Wildman–Crippen LogP) is 0.530. The van der Waals surface area contributed by atoms with Gasteiger partial charge in [0.2, 0.25) is 10.0 Å². The van der Waals surface area contributed by atoms with Gasteiger partial charge in [0, 0.05) is 44.8 Å². The average molecular weight is 367 g/mol. The number of amides is 1. The van der Waals surface area contributed by atoms with Crippen LogP contribution in [0.25, 0.3) is 0 Å². The van der Waals surface area contributed by atoms with Gasteiger partial charge in [-0.05, 0) is 38.1 Å². The molecule has 0 radical (unpaired) electrons. The van der Waals surface area contributed by atoms with Gasteiger partial charge < -0.3 is 15.0 Å². The normalized spacial score (nSPS) is 25.8. The maximum Gasteiger partial charge on any atom is 0.253 e. The zero-order valence-electron chi connectivity index (χ0n) is 14.6. The van der Waals surface area contributed by atoms with Gasteiger partial charge in [0.05, 0.1) is 17.1 Å². The number of hydrogen-bond donors (Lipinski definition) is 1. The number of ether oxygens (including phenoxy) is 1. The lowest BCUT2D eigenvalue weighted by Crippen LogP contribution is -2.48. The van der Waals surface area contributed by atoms with Crippen LogP contribution in [0.4, 0.5) is 0 Å². The first-order valence-corrected chi connectivity index (χ1v) is 10.1. The average Bonchev–Trinajstić information content (AvgIpc) is 2.61. The van der Waals surface area contributed by atoms with E-state index in [1.807, 2.05) is 13.8 Å². The molecule has 2 heterocycles. The molecule has 0 saturated carbocycles. The molecule has 7 nitrogen and oxygen atoms in total. The van der Waals surface area contributed by atoms with Gasteiger partial charge in [0.25, 0.3) is 5.91 Å². The fourth-order valence-corrected chi connectivity index (χ4v) is 4.89. The van der Waals surface area contributed by atoms with E-state index in [9.17, 15) is 13.2 Å². The third-order valence-electron chi connectivity index (χ3n) is 4.53. The van der Waals surface area contributed by atoms with Crippen LogP contribution in [-0.2, 0) is 14.8 Å². The third kappa shape index (κ3) is 4.03. The van der Waals surface area contributed by atoms with E-state index >= 15 is 0 Å². The molecule has 3 rings (SSSR count). The molecular weight excluding hydrogens is 342 g/mol. The topological polar surface area (TPSA) is 79.0 Å². The zero-order chi connectivity index (χ0) is 18.0. The van der Waals surface area contributed by atoms with Gasteiger partial charge in [-0.3, -0.25) is 4.79 Å². The van der Waals surface area contributed by atoms with Crippen LogP contribution in [0.15, 0.2) is 29.2 Å². The van der Waals surface area contributed by atoms with Crippen molar-refractivity contribution < 1.29 is 17.9 Å². The second-order valence-electron chi connectivity index (χ2n) is 6.65. The van der Waals surface area contributed by atoms with E-state index in [2.05, 4.69) is 5.32 Å². The smallest absolute Gasteiger partial charge is 0.253 e. The minimum Gasteiger partial charge on any atom is -0.373 e. The second-order valence-corrected chi connectivity index (χ2v) is 8.58. The van der Waals surface area contributed by atoms with Crippen molar-refractivity contribution in [3.8, 4) is 0 Å². The molecule has 2 aliphatic heterocycles. The van der Waals surface area contributed by atoms with Gasteiger partial charge in [-0.25, -0.2) is 8.42 Å². The first-order chi connectivity index (χ1) is 11.9. The summed E-state index contributed by atoms with van der Waals surface area (Å²) < 4.78 is 32.7. The number of sulfonamides is 1. The molecule has 2 aliphatic rings. The molecule has 0 spiro atoms. The Morgan fingerprint density at radius 3 is 2.20 bits per heavy atom. The summed E-state index contributed by atoms with van der Waals surface area (Å²) in [5, 5.41) is 3.20. The maximum absolute atomic E-state index is 12.8. The Morgan fingerprint density at radius 2 is 1.64 bits per heavy atom. The quantitative estimate of drug-likeness (QED) is 0.843. The SMILES string of the molecule is C[C@@H]1CN(S(=O)(=O)c2ccc(C(=O)N3CCNCC3)cc2)C[C@@H](C)O1. The maximum atomic E-state index is 12.8. The lowest BCUT2D eigenvalue weighted by atomic mass is 10.2. The number of carbonyl (C=O) groups is 1. The highest BCUT2D eigenvalue weighted by atomic mass is 32.2.